The minimum Gasteiger partial charge on any atom is -0.399 e. The van der Waals surface area contributed by atoms with Crippen molar-refractivity contribution in [3.8, 4) is 0 Å². The van der Waals surface area contributed by atoms with Crippen molar-refractivity contribution in [2.24, 2.45) is 0 Å². The van der Waals surface area contributed by atoms with Gasteiger partial charge in [-0.15, -0.1) is 0 Å². The van der Waals surface area contributed by atoms with Crippen molar-refractivity contribution in [3.05, 3.63) is 59.4 Å². The zero-order valence-corrected chi connectivity index (χ0v) is 10.2. The Morgan fingerprint density at radius 1 is 1.39 bits per heavy atom. The standard InChI is InChI=1S/C14H15N3O/c1-10-5-6-16-8-12(10)9-17-14(18)11-3-2-4-13(15)7-11/h2-8H,9,15H2,1H3,(H,17,18). The van der Waals surface area contributed by atoms with E-state index in [1.54, 1.807) is 36.7 Å². The van der Waals surface area contributed by atoms with E-state index in [0.717, 1.165) is 11.1 Å². The first kappa shape index (κ1) is 12.1. The quantitative estimate of drug-likeness (QED) is 0.806. The zero-order chi connectivity index (χ0) is 13.0. The summed E-state index contributed by atoms with van der Waals surface area (Å²) >= 11 is 0. The van der Waals surface area contributed by atoms with E-state index in [1.165, 1.54) is 0 Å². The van der Waals surface area contributed by atoms with Crippen LogP contribution >= 0.6 is 0 Å². The van der Waals surface area contributed by atoms with Crippen LogP contribution < -0.4 is 11.1 Å². The third-order valence-corrected chi connectivity index (χ3v) is 2.74. The molecule has 0 spiro atoms. The van der Waals surface area contributed by atoms with Gasteiger partial charge in [0, 0.05) is 30.2 Å². The number of nitrogens with one attached hydrogen (secondary N) is 1. The maximum absolute atomic E-state index is 11.9. The van der Waals surface area contributed by atoms with Crippen LogP contribution in [0.2, 0.25) is 0 Å². The average molecular weight is 241 g/mol. The Morgan fingerprint density at radius 3 is 2.94 bits per heavy atom. The fourth-order valence-corrected chi connectivity index (χ4v) is 1.64. The molecule has 1 amide bonds. The van der Waals surface area contributed by atoms with Crippen LogP contribution in [-0.2, 0) is 6.54 Å². The molecule has 0 aliphatic carbocycles. The van der Waals surface area contributed by atoms with Crippen molar-refractivity contribution in [2.45, 2.75) is 13.5 Å². The van der Waals surface area contributed by atoms with Crippen molar-refractivity contribution in [2.75, 3.05) is 5.73 Å². The average Bonchev–Trinajstić information content (AvgIpc) is 2.37. The number of aryl methyl sites for hydroxylation is 1. The van der Waals surface area contributed by atoms with Crippen LogP contribution in [-0.4, -0.2) is 10.9 Å². The maximum Gasteiger partial charge on any atom is 0.251 e. The van der Waals surface area contributed by atoms with E-state index < -0.39 is 0 Å². The number of pyridine rings is 1. The number of benzene rings is 1. The van der Waals surface area contributed by atoms with Crippen molar-refractivity contribution < 1.29 is 4.79 Å². The molecule has 92 valence electrons. The van der Waals surface area contributed by atoms with Gasteiger partial charge in [-0.05, 0) is 42.3 Å². The molecule has 0 bridgehead atoms. The molecule has 0 aliphatic heterocycles. The van der Waals surface area contributed by atoms with E-state index in [4.69, 9.17) is 5.73 Å². The van der Waals surface area contributed by atoms with Crippen LogP contribution in [0.1, 0.15) is 21.5 Å². The number of nitrogen functional groups attached to an aromatic ring is 1. The first-order valence-electron chi connectivity index (χ1n) is 5.70. The van der Waals surface area contributed by atoms with Crippen LogP contribution in [0.4, 0.5) is 5.69 Å². The van der Waals surface area contributed by atoms with Gasteiger partial charge in [-0.25, -0.2) is 0 Å². The van der Waals surface area contributed by atoms with Crippen molar-refractivity contribution >= 4 is 11.6 Å². The molecule has 0 aliphatic rings. The molecule has 2 rings (SSSR count). The van der Waals surface area contributed by atoms with Gasteiger partial charge in [0.2, 0.25) is 0 Å². The molecule has 0 atom stereocenters. The summed E-state index contributed by atoms with van der Waals surface area (Å²) in [5.41, 5.74) is 8.91. The number of hydrogen-bond acceptors (Lipinski definition) is 3. The Labute approximate surface area is 106 Å². The predicted molar refractivity (Wildman–Crippen MR) is 71.0 cm³/mol. The molecule has 1 aromatic heterocycles. The van der Waals surface area contributed by atoms with E-state index in [1.807, 2.05) is 13.0 Å². The Morgan fingerprint density at radius 2 is 2.22 bits per heavy atom. The molecule has 0 unspecified atom stereocenters. The van der Waals surface area contributed by atoms with Gasteiger partial charge in [0.15, 0.2) is 0 Å². The lowest BCUT2D eigenvalue weighted by molar-refractivity contribution is 0.0951. The molecular formula is C14H15N3O. The number of aromatic nitrogens is 1. The third-order valence-electron chi connectivity index (χ3n) is 2.74. The molecule has 2 aromatic rings. The van der Waals surface area contributed by atoms with E-state index in [9.17, 15) is 4.79 Å². The number of rotatable bonds is 3. The van der Waals surface area contributed by atoms with Gasteiger partial charge in [0.1, 0.15) is 0 Å². The van der Waals surface area contributed by atoms with Gasteiger partial charge < -0.3 is 11.1 Å². The highest BCUT2D eigenvalue weighted by Crippen LogP contribution is 2.08. The Hall–Kier alpha value is -2.36. The maximum atomic E-state index is 11.9. The highest BCUT2D eigenvalue weighted by atomic mass is 16.1. The van der Waals surface area contributed by atoms with Gasteiger partial charge >= 0.3 is 0 Å². The summed E-state index contributed by atoms with van der Waals surface area (Å²) < 4.78 is 0. The molecule has 0 saturated heterocycles. The number of hydrogen-bond donors (Lipinski definition) is 2. The van der Waals surface area contributed by atoms with Crippen LogP contribution in [0.25, 0.3) is 0 Å². The normalized spacial score (nSPS) is 10.1. The Balaban J connectivity index is 2.03. The molecule has 18 heavy (non-hydrogen) atoms. The van der Waals surface area contributed by atoms with Crippen LogP contribution in [0.3, 0.4) is 0 Å². The summed E-state index contributed by atoms with van der Waals surface area (Å²) in [6.45, 7) is 2.46. The second-order valence-corrected chi connectivity index (χ2v) is 4.11. The molecule has 0 saturated carbocycles. The first-order chi connectivity index (χ1) is 8.66. The molecule has 3 N–H and O–H groups in total. The van der Waals surface area contributed by atoms with Crippen molar-refractivity contribution in [3.63, 3.8) is 0 Å². The summed E-state index contributed by atoms with van der Waals surface area (Å²) in [7, 11) is 0. The minimum absolute atomic E-state index is 0.134. The van der Waals surface area contributed by atoms with Crippen molar-refractivity contribution in [1.82, 2.24) is 10.3 Å². The number of carbonyl (C=O) groups excluding carboxylic acids is 1. The summed E-state index contributed by atoms with van der Waals surface area (Å²) in [4.78, 5) is 15.9. The lowest BCUT2D eigenvalue weighted by atomic mass is 10.1. The first-order valence-corrected chi connectivity index (χ1v) is 5.70. The van der Waals surface area contributed by atoms with Gasteiger partial charge in [0.05, 0.1) is 0 Å². The minimum atomic E-state index is -0.134. The number of nitrogens with two attached hydrogens (primary N) is 1. The van der Waals surface area contributed by atoms with E-state index in [2.05, 4.69) is 10.3 Å². The lowest BCUT2D eigenvalue weighted by Gasteiger charge is -2.07. The highest BCUT2D eigenvalue weighted by molar-refractivity contribution is 5.94. The van der Waals surface area contributed by atoms with Gasteiger partial charge in [0.25, 0.3) is 5.91 Å². The summed E-state index contributed by atoms with van der Waals surface area (Å²) in [5.74, 6) is -0.134. The number of carbonyl (C=O) groups is 1. The fraction of sp³-hybridized carbons (Fsp3) is 0.143. The largest absolute Gasteiger partial charge is 0.399 e. The molecule has 1 heterocycles. The second kappa shape index (κ2) is 5.31. The second-order valence-electron chi connectivity index (χ2n) is 4.11. The molecule has 0 radical (unpaired) electrons. The Kier molecular flexibility index (Phi) is 3.57. The van der Waals surface area contributed by atoms with Gasteiger partial charge in [-0.3, -0.25) is 9.78 Å². The van der Waals surface area contributed by atoms with Gasteiger partial charge in [-0.2, -0.15) is 0 Å². The topological polar surface area (TPSA) is 68.0 Å². The Bertz CT molecular complexity index is 566. The molecular weight excluding hydrogens is 226 g/mol. The number of nitrogens with zero attached hydrogens (tertiary/aromatic N) is 1. The molecule has 4 nitrogen and oxygen atoms in total. The summed E-state index contributed by atoms with van der Waals surface area (Å²) in [6.07, 6.45) is 3.49. The molecule has 1 aromatic carbocycles. The summed E-state index contributed by atoms with van der Waals surface area (Å²) in [6, 6.07) is 8.83. The summed E-state index contributed by atoms with van der Waals surface area (Å²) in [5, 5.41) is 2.85. The van der Waals surface area contributed by atoms with E-state index >= 15 is 0 Å². The van der Waals surface area contributed by atoms with Crippen LogP contribution in [0, 0.1) is 6.92 Å². The number of anilines is 1. The van der Waals surface area contributed by atoms with Crippen LogP contribution in [0.15, 0.2) is 42.7 Å². The SMILES string of the molecule is Cc1ccncc1CNC(=O)c1cccc(N)c1. The molecule has 4 heteroatoms. The lowest BCUT2D eigenvalue weighted by Crippen LogP contribution is -2.23. The third kappa shape index (κ3) is 2.85. The van der Waals surface area contributed by atoms with Crippen molar-refractivity contribution in [1.29, 1.82) is 0 Å². The number of amides is 1. The highest BCUT2D eigenvalue weighted by Gasteiger charge is 2.06. The van der Waals surface area contributed by atoms with E-state index in [-0.39, 0.29) is 5.91 Å². The predicted octanol–water partition coefficient (Wildman–Crippen LogP) is 1.90. The molecule has 0 fully saturated rings. The monoisotopic (exact) mass is 241 g/mol. The fourth-order valence-electron chi connectivity index (χ4n) is 1.64. The van der Waals surface area contributed by atoms with E-state index in [0.29, 0.717) is 17.8 Å². The zero-order valence-electron chi connectivity index (χ0n) is 10.2. The van der Waals surface area contributed by atoms with Crippen LogP contribution in [0.5, 0.6) is 0 Å². The van der Waals surface area contributed by atoms with Gasteiger partial charge in [-0.1, -0.05) is 6.07 Å². The smallest absolute Gasteiger partial charge is 0.251 e.